The minimum Gasteiger partial charge on any atom is -0.495 e. The van der Waals surface area contributed by atoms with Gasteiger partial charge in [0, 0.05) is 17.1 Å². The lowest BCUT2D eigenvalue weighted by Gasteiger charge is -2.11. The van der Waals surface area contributed by atoms with E-state index in [2.05, 4.69) is 42.2 Å². The molecule has 6 heteroatoms. The molecule has 0 aliphatic carbocycles. The molecule has 3 N–H and O–H groups in total. The third-order valence-corrected chi connectivity index (χ3v) is 3.11. The van der Waals surface area contributed by atoms with Gasteiger partial charge in [0.1, 0.15) is 5.75 Å². The second-order valence-corrected chi connectivity index (χ2v) is 4.66. The van der Waals surface area contributed by atoms with Crippen LogP contribution in [0.2, 0.25) is 0 Å². The minimum absolute atomic E-state index is 0.382. The van der Waals surface area contributed by atoms with Crippen LogP contribution >= 0.6 is 31.9 Å². The fourth-order valence-corrected chi connectivity index (χ4v) is 2.38. The Morgan fingerprint density at radius 1 is 1.44 bits per heavy atom. The maximum atomic E-state index is 5.68. The van der Waals surface area contributed by atoms with Gasteiger partial charge in [-0.15, -0.1) is 0 Å². The molecule has 0 aliphatic rings. The van der Waals surface area contributed by atoms with Crippen LogP contribution in [-0.4, -0.2) is 19.6 Å². The van der Waals surface area contributed by atoms with Crippen LogP contribution < -0.4 is 15.8 Å². The molecule has 0 saturated heterocycles. The highest BCUT2D eigenvalue weighted by molar-refractivity contribution is 9.11. The number of nitrogens with one attached hydrogen (secondary N) is 1. The summed E-state index contributed by atoms with van der Waals surface area (Å²) in [5, 5.41) is 2.99. The number of nitrogens with two attached hydrogens (primary N) is 1. The SMILES string of the molecule is CCN=C(N)Nc1cc(OC)c(Br)cc1Br. The first-order chi connectivity index (χ1) is 7.58. The molecule has 0 heterocycles. The van der Waals surface area contributed by atoms with E-state index in [1.165, 1.54) is 0 Å². The average molecular weight is 351 g/mol. The highest BCUT2D eigenvalue weighted by atomic mass is 79.9. The molecule has 0 fully saturated rings. The second-order valence-electron chi connectivity index (χ2n) is 2.95. The maximum absolute atomic E-state index is 5.68. The van der Waals surface area contributed by atoms with Crippen LogP contribution in [0.25, 0.3) is 0 Å². The van der Waals surface area contributed by atoms with Gasteiger partial charge in [0.25, 0.3) is 0 Å². The van der Waals surface area contributed by atoms with Crippen LogP contribution in [0.1, 0.15) is 6.92 Å². The average Bonchev–Trinajstić information content (AvgIpc) is 2.22. The zero-order valence-corrected chi connectivity index (χ0v) is 12.2. The molecule has 1 aromatic carbocycles. The summed E-state index contributed by atoms with van der Waals surface area (Å²) in [5.74, 6) is 1.11. The molecule has 0 aliphatic heterocycles. The summed E-state index contributed by atoms with van der Waals surface area (Å²) in [6, 6.07) is 3.73. The Morgan fingerprint density at radius 2 is 2.12 bits per heavy atom. The van der Waals surface area contributed by atoms with Gasteiger partial charge in [-0.05, 0) is 44.8 Å². The van der Waals surface area contributed by atoms with Crippen molar-refractivity contribution in [3.05, 3.63) is 21.1 Å². The van der Waals surface area contributed by atoms with Crippen molar-refractivity contribution in [2.24, 2.45) is 10.7 Å². The minimum atomic E-state index is 0.382. The van der Waals surface area contributed by atoms with E-state index in [9.17, 15) is 0 Å². The van der Waals surface area contributed by atoms with E-state index in [1.54, 1.807) is 7.11 Å². The molecule has 88 valence electrons. The number of hydrogen-bond donors (Lipinski definition) is 2. The molecule has 16 heavy (non-hydrogen) atoms. The lowest BCUT2D eigenvalue weighted by Crippen LogP contribution is -2.22. The molecule has 0 amide bonds. The lowest BCUT2D eigenvalue weighted by atomic mass is 10.3. The van der Waals surface area contributed by atoms with E-state index in [0.29, 0.717) is 12.5 Å². The third-order valence-electron chi connectivity index (χ3n) is 1.83. The maximum Gasteiger partial charge on any atom is 0.193 e. The number of anilines is 1. The van der Waals surface area contributed by atoms with Crippen molar-refractivity contribution >= 4 is 43.5 Å². The van der Waals surface area contributed by atoms with Crippen molar-refractivity contribution in [1.82, 2.24) is 0 Å². The van der Waals surface area contributed by atoms with E-state index in [0.717, 1.165) is 20.4 Å². The molecule has 0 radical (unpaired) electrons. The number of guanidine groups is 1. The molecule has 4 nitrogen and oxygen atoms in total. The molecule has 0 atom stereocenters. The Balaban J connectivity index is 3.00. The first kappa shape index (κ1) is 13.3. The smallest absolute Gasteiger partial charge is 0.193 e. The van der Waals surface area contributed by atoms with Crippen molar-refractivity contribution < 1.29 is 4.74 Å². The third kappa shape index (κ3) is 3.38. The van der Waals surface area contributed by atoms with Gasteiger partial charge < -0.3 is 15.8 Å². The molecule has 0 unspecified atom stereocenters. The van der Waals surface area contributed by atoms with E-state index >= 15 is 0 Å². The number of nitrogens with zero attached hydrogens (tertiary/aromatic N) is 1. The molecule has 0 saturated carbocycles. The number of halogens is 2. The van der Waals surface area contributed by atoms with Crippen molar-refractivity contribution in [1.29, 1.82) is 0 Å². The monoisotopic (exact) mass is 349 g/mol. The predicted octanol–water partition coefficient (Wildman–Crippen LogP) is 2.97. The molecular formula is C10H13Br2N3O. The summed E-state index contributed by atoms with van der Waals surface area (Å²) < 4.78 is 6.95. The van der Waals surface area contributed by atoms with Crippen LogP contribution in [0.4, 0.5) is 5.69 Å². The quantitative estimate of drug-likeness (QED) is 0.650. The topological polar surface area (TPSA) is 59.6 Å². The van der Waals surface area contributed by atoms with Crippen LogP contribution in [0.3, 0.4) is 0 Å². The summed E-state index contributed by atoms with van der Waals surface area (Å²) in [5.41, 5.74) is 6.49. The van der Waals surface area contributed by atoms with Gasteiger partial charge in [-0.1, -0.05) is 0 Å². The molecule has 0 spiro atoms. The van der Waals surface area contributed by atoms with Crippen LogP contribution in [0.5, 0.6) is 5.75 Å². The summed E-state index contributed by atoms with van der Waals surface area (Å²) in [4.78, 5) is 4.05. The fourth-order valence-electron chi connectivity index (χ4n) is 1.13. The Morgan fingerprint density at radius 3 is 2.69 bits per heavy atom. The normalized spacial score (nSPS) is 11.4. The first-order valence-electron chi connectivity index (χ1n) is 4.68. The Labute approximate surface area is 112 Å². The zero-order valence-electron chi connectivity index (χ0n) is 9.05. The molecule has 0 aromatic heterocycles. The largest absolute Gasteiger partial charge is 0.495 e. The van der Waals surface area contributed by atoms with Gasteiger partial charge in [0.15, 0.2) is 5.96 Å². The van der Waals surface area contributed by atoms with Crippen molar-refractivity contribution in [3.8, 4) is 5.75 Å². The Kier molecular flexibility index (Phi) is 5.08. The number of methoxy groups -OCH3 is 1. The summed E-state index contributed by atoms with van der Waals surface area (Å²) in [6.07, 6.45) is 0. The van der Waals surface area contributed by atoms with Crippen molar-refractivity contribution in [3.63, 3.8) is 0 Å². The zero-order chi connectivity index (χ0) is 12.1. The number of ether oxygens (including phenoxy) is 1. The van der Waals surface area contributed by atoms with Crippen LogP contribution in [-0.2, 0) is 0 Å². The fraction of sp³-hybridized carbons (Fsp3) is 0.300. The summed E-state index contributed by atoms with van der Waals surface area (Å²) in [6.45, 7) is 2.57. The molecule has 1 aromatic rings. The Bertz CT molecular complexity index is 407. The number of hydrogen-bond acceptors (Lipinski definition) is 2. The summed E-state index contributed by atoms with van der Waals surface area (Å²) in [7, 11) is 1.61. The second kappa shape index (κ2) is 6.10. The van der Waals surface area contributed by atoms with E-state index in [4.69, 9.17) is 10.5 Å². The van der Waals surface area contributed by atoms with Gasteiger partial charge >= 0.3 is 0 Å². The van der Waals surface area contributed by atoms with Crippen molar-refractivity contribution in [2.45, 2.75) is 6.92 Å². The predicted molar refractivity (Wildman–Crippen MR) is 74.2 cm³/mol. The van der Waals surface area contributed by atoms with Gasteiger partial charge in [-0.25, -0.2) is 0 Å². The Hall–Kier alpha value is -0.750. The molecule has 1 rings (SSSR count). The highest BCUT2D eigenvalue weighted by Gasteiger charge is 2.07. The number of rotatable bonds is 3. The van der Waals surface area contributed by atoms with E-state index < -0.39 is 0 Å². The first-order valence-corrected chi connectivity index (χ1v) is 6.27. The van der Waals surface area contributed by atoms with Gasteiger partial charge in [-0.2, -0.15) is 0 Å². The summed E-state index contributed by atoms with van der Waals surface area (Å²) >= 11 is 6.83. The van der Waals surface area contributed by atoms with Crippen molar-refractivity contribution in [2.75, 3.05) is 19.0 Å². The van der Waals surface area contributed by atoms with Gasteiger partial charge in [0.2, 0.25) is 0 Å². The number of benzene rings is 1. The molecular weight excluding hydrogens is 338 g/mol. The number of aliphatic imine (C=N–C) groups is 1. The highest BCUT2D eigenvalue weighted by Crippen LogP contribution is 2.34. The van der Waals surface area contributed by atoms with Crippen LogP contribution in [0.15, 0.2) is 26.1 Å². The van der Waals surface area contributed by atoms with Gasteiger partial charge in [-0.3, -0.25) is 4.99 Å². The van der Waals surface area contributed by atoms with Crippen LogP contribution in [0, 0.1) is 0 Å². The van der Waals surface area contributed by atoms with Gasteiger partial charge in [0.05, 0.1) is 17.3 Å². The standard InChI is InChI=1S/C10H13Br2N3O/c1-3-14-10(13)15-8-5-9(16-2)7(12)4-6(8)11/h4-5H,3H2,1-2H3,(H3,13,14,15). The van der Waals surface area contributed by atoms with E-state index in [-0.39, 0.29) is 0 Å². The lowest BCUT2D eigenvalue weighted by molar-refractivity contribution is 0.412. The van der Waals surface area contributed by atoms with E-state index in [1.807, 2.05) is 19.1 Å². The molecule has 0 bridgehead atoms.